The molecule has 2 aromatic heterocycles. The van der Waals surface area contributed by atoms with Gasteiger partial charge in [-0.05, 0) is 44.6 Å². The average Bonchev–Trinajstić information content (AvgIpc) is 2.91. The second-order valence-corrected chi connectivity index (χ2v) is 5.04. The van der Waals surface area contributed by atoms with Crippen LogP contribution in [0.1, 0.15) is 12.5 Å². The fraction of sp³-hybridized carbons (Fsp3) is 0.294. The van der Waals surface area contributed by atoms with Gasteiger partial charge in [0, 0.05) is 18.3 Å². The van der Waals surface area contributed by atoms with Crippen molar-refractivity contribution in [3.05, 3.63) is 48.2 Å². The summed E-state index contributed by atoms with van der Waals surface area (Å²) in [4.78, 5) is 9.28. The molecule has 0 radical (unpaired) electrons. The molecule has 0 saturated heterocycles. The second-order valence-electron chi connectivity index (χ2n) is 5.04. The molecule has 2 heterocycles. The fourth-order valence-corrected chi connectivity index (χ4v) is 2.68. The molecule has 4 heteroatoms. The number of pyridine rings is 1. The van der Waals surface area contributed by atoms with Crippen molar-refractivity contribution in [3.63, 3.8) is 0 Å². The molecule has 1 N–H and O–H groups in total. The third-order valence-electron chi connectivity index (χ3n) is 3.72. The van der Waals surface area contributed by atoms with E-state index in [0.29, 0.717) is 0 Å². The van der Waals surface area contributed by atoms with Gasteiger partial charge in [-0.2, -0.15) is 0 Å². The SMILES string of the molecule is CCn1c(-c2ccccc2CCNC)nc2cccnc21. The molecule has 108 valence electrons. The minimum absolute atomic E-state index is 0.864. The van der Waals surface area contributed by atoms with E-state index in [1.165, 1.54) is 11.1 Å². The summed E-state index contributed by atoms with van der Waals surface area (Å²) in [7, 11) is 1.98. The van der Waals surface area contributed by atoms with Crippen LogP contribution < -0.4 is 5.32 Å². The fourth-order valence-electron chi connectivity index (χ4n) is 2.68. The largest absolute Gasteiger partial charge is 0.319 e. The number of nitrogens with one attached hydrogen (secondary N) is 1. The summed E-state index contributed by atoms with van der Waals surface area (Å²) >= 11 is 0. The summed E-state index contributed by atoms with van der Waals surface area (Å²) in [6.07, 6.45) is 2.82. The van der Waals surface area contributed by atoms with Gasteiger partial charge in [-0.1, -0.05) is 24.3 Å². The number of imidazole rings is 1. The topological polar surface area (TPSA) is 42.7 Å². The molecule has 0 aliphatic rings. The van der Waals surface area contributed by atoms with Crippen LogP contribution in [0.15, 0.2) is 42.6 Å². The first-order valence-electron chi connectivity index (χ1n) is 7.39. The Morgan fingerprint density at radius 2 is 2.00 bits per heavy atom. The Bertz CT molecular complexity index is 745. The number of rotatable bonds is 5. The van der Waals surface area contributed by atoms with E-state index in [4.69, 9.17) is 4.98 Å². The molecule has 4 nitrogen and oxygen atoms in total. The van der Waals surface area contributed by atoms with Crippen LogP contribution in [0.5, 0.6) is 0 Å². The second kappa shape index (κ2) is 6.06. The number of nitrogens with zero attached hydrogens (tertiary/aromatic N) is 3. The van der Waals surface area contributed by atoms with Gasteiger partial charge < -0.3 is 9.88 Å². The van der Waals surface area contributed by atoms with Gasteiger partial charge in [-0.3, -0.25) is 0 Å². The summed E-state index contributed by atoms with van der Waals surface area (Å²) in [5, 5.41) is 3.21. The third kappa shape index (κ3) is 2.54. The lowest BCUT2D eigenvalue weighted by atomic mass is 10.0. The molecule has 0 spiro atoms. The van der Waals surface area contributed by atoms with E-state index < -0.39 is 0 Å². The average molecular weight is 280 g/mol. The van der Waals surface area contributed by atoms with Crippen molar-refractivity contribution >= 4 is 11.2 Å². The van der Waals surface area contributed by atoms with Gasteiger partial charge in [0.05, 0.1) is 0 Å². The highest BCUT2D eigenvalue weighted by molar-refractivity contribution is 5.78. The molecular weight excluding hydrogens is 260 g/mol. The monoisotopic (exact) mass is 280 g/mol. The highest BCUT2D eigenvalue weighted by Crippen LogP contribution is 2.26. The third-order valence-corrected chi connectivity index (χ3v) is 3.72. The van der Waals surface area contributed by atoms with Gasteiger partial charge in [-0.25, -0.2) is 9.97 Å². The van der Waals surface area contributed by atoms with Gasteiger partial charge >= 0.3 is 0 Å². The number of hydrogen-bond acceptors (Lipinski definition) is 3. The lowest BCUT2D eigenvalue weighted by Gasteiger charge is -2.10. The quantitative estimate of drug-likeness (QED) is 0.781. The molecular formula is C17H20N4. The molecule has 0 bridgehead atoms. The van der Waals surface area contributed by atoms with Gasteiger partial charge in [0.1, 0.15) is 11.3 Å². The normalized spacial score (nSPS) is 11.1. The van der Waals surface area contributed by atoms with Crippen molar-refractivity contribution < 1.29 is 0 Å². The molecule has 0 unspecified atom stereocenters. The van der Waals surface area contributed by atoms with Gasteiger partial charge in [-0.15, -0.1) is 0 Å². The molecule has 0 amide bonds. The van der Waals surface area contributed by atoms with Crippen LogP contribution in [0.3, 0.4) is 0 Å². The van der Waals surface area contributed by atoms with E-state index in [1.807, 2.05) is 25.4 Å². The number of benzene rings is 1. The molecule has 3 rings (SSSR count). The van der Waals surface area contributed by atoms with Crippen LogP contribution in [0.25, 0.3) is 22.6 Å². The maximum Gasteiger partial charge on any atom is 0.160 e. The lowest BCUT2D eigenvalue weighted by Crippen LogP contribution is -2.11. The van der Waals surface area contributed by atoms with Crippen molar-refractivity contribution in [1.29, 1.82) is 0 Å². The van der Waals surface area contributed by atoms with Crippen molar-refractivity contribution in [2.75, 3.05) is 13.6 Å². The summed E-state index contributed by atoms with van der Waals surface area (Å²) in [6, 6.07) is 12.5. The maximum absolute atomic E-state index is 4.80. The molecule has 1 aromatic carbocycles. The molecule has 3 aromatic rings. The van der Waals surface area contributed by atoms with Crippen LogP contribution in [0.2, 0.25) is 0 Å². The minimum atomic E-state index is 0.864. The molecule has 0 aliphatic heterocycles. The van der Waals surface area contributed by atoms with Crippen molar-refractivity contribution in [2.45, 2.75) is 19.9 Å². The first kappa shape index (κ1) is 13.8. The van der Waals surface area contributed by atoms with E-state index in [1.54, 1.807) is 0 Å². The summed E-state index contributed by atoms with van der Waals surface area (Å²) < 4.78 is 2.19. The first-order valence-corrected chi connectivity index (χ1v) is 7.39. The van der Waals surface area contributed by atoms with E-state index in [0.717, 1.165) is 36.5 Å². The Morgan fingerprint density at radius 1 is 1.14 bits per heavy atom. The number of hydrogen-bond donors (Lipinski definition) is 1. The Hall–Kier alpha value is -2.20. The van der Waals surface area contributed by atoms with Gasteiger partial charge in [0.2, 0.25) is 0 Å². The Morgan fingerprint density at radius 3 is 2.81 bits per heavy atom. The first-order chi connectivity index (χ1) is 10.3. The smallest absolute Gasteiger partial charge is 0.160 e. The van der Waals surface area contributed by atoms with Crippen LogP contribution in [0.4, 0.5) is 0 Å². The maximum atomic E-state index is 4.80. The van der Waals surface area contributed by atoms with Crippen molar-refractivity contribution in [1.82, 2.24) is 19.9 Å². The number of likely N-dealkylation sites (N-methyl/N-ethyl adjacent to an activating group) is 1. The molecule has 0 fully saturated rings. The number of aromatic nitrogens is 3. The number of fused-ring (bicyclic) bond motifs is 1. The van der Waals surface area contributed by atoms with Crippen LogP contribution in [0, 0.1) is 0 Å². The Labute approximate surface area is 124 Å². The van der Waals surface area contributed by atoms with E-state index in [2.05, 4.69) is 46.1 Å². The van der Waals surface area contributed by atoms with Crippen LogP contribution >= 0.6 is 0 Å². The van der Waals surface area contributed by atoms with E-state index in [9.17, 15) is 0 Å². The van der Waals surface area contributed by atoms with Gasteiger partial charge in [0.15, 0.2) is 5.65 Å². The highest BCUT2D eigenvalue weighted by Gasteiger charge is 2.14. The predicted molar refractivity (Wildman–Crippen MR) is 86.3 cm³/mol. The zero-order valence-electron chi connectivity index (χ0n) is 12.5. The van der Waals surface area contributed by atoms with Crippen molar-refractivity contribution in [2.24, 2.45) is 0 Å². The lowest BCUT2D eigenvalue weighted by molar-refractivity contribution is 0.776. The molecule has 0 atom stereocenters. The van der Waals surface area contributed by atoms with E-state index in [-0.39, 0.29) is 0 Å². The zero-order valence-corrected chi connectivity index (χ0v) is 12.5. The standard InChI is InChI=1S/C17H20N4/c1-3-21-16(20-15-9-6-11-19-17(15)21)14-8-5-4-7-13(14)10-12-18-2/h4-9,11,18H,3,10,12H2,1-2H3. The van der Waals surface area contributed by atoms with E-state index >= 15 is 0 Å². The van der Waals surface area contributed by atoms with Gasteiger partial charge in [0.25, 0.3) is 0 Å². The minimum Gasteiger partial charge on any atom is -0.319 e. The van der Waals surface area contributed by atoms with Crippen LogP contribution in [-0.2, 0) is 13.0 Å². The summed E-state index contributed by atoms with van der Waals surface area (Å²) in [5.74, 6) is 1.01. The Balaban J connectivity index is 2.16. The van der Waals surface area contributed by atoms with Crippen LogP contribution in [-0.4, -0.2) is 28.1 Å². The summed E-state index contributed by atoms with van der Waals surface area (Å²) in [6.45, 7) is 3.96. The summed E-state index contributed by atoms with van der Waals surface area (Å²) in [5.41, 5.74) is 4.43. The predicted octanol–water partition coefficient (Wildman–Crippen LogP) is 2.88. The molecule has 21 heavy (non-hydrogen) atoms. The zero-order chi connectivity index (χ0) is 14.7. The molecule has 0 saturated carbocycles. The Kier molecular flexibility index (Phi) is 3.97. The molecule has 0 aliphatic carbocycles. The van der Waals surface area contributed by atoms with Crippen molar-refractivity contribution in [3.8, 4) is 11.4 Å². The number of aryl methyl sites for hydroxylation is 1. The highest BCUT2D eigenvalue weighted by atomic mass is 15.1.